The molecule has 5 saturated carbocycles. The maximum absolute atomic E-state index is 13.3. The largest absolute Gasteiger partial charge is 0.481 e. The highest BCUT2D eigenvalue weighted by molar-refractivity contribution is 7.91. The van der Waals surface area contributed by atoms with E-state index >= 15 is 0 Å². The molecule has 9 nitrogen and oxygen atoms in total. The molecule has 6 fully saturated rings. The number of carboxylic acids is 1. The number of nitrogens with one attached hydrogen (secondary N) is 1. The molecule has 54 heavy (non-hydrogen) atoms. The highest BCUT2D eigenvalue weighted by Crippen LogP contribution is 2.76. The third-order valence-electron chi connectivity index (χ3n) is 17.6. The van der Waals surface area contributed by atoms with Crippen molar-refractivity contribution in [2.45, 2.75) is 163 Å². The van der Waals surface area contributed by atoms with Crippen LogP contribution in [0.1, 0.15) is 139 Å². The van der Waals surface area contributed by atoms with Gasteiger partial charge in [0.25, 0.3) is 0 Å². The van der Waals surface area contributed by atoms with Crippen LogP contribution in [0.5, 0.6) is 0 Å². The lowest BCUT2D eigenvalue weighted by molar-refractivity contribution is -0.246. The topological polar surface area (TPSA) is 133 Å². The van der Waals surface area contributed by atoms with Gasteiger partial charge in [0.1, 0.15) is 6.10 Å². The molecule has 6 rings (SSSR count). The molecule has 0 aromatic rings. The quantitative estimate of drug-likeness (QED) is 0.147. The van der Waals surface area contributed by atoms with Gasteiger partial charge < -0.3 is 20.3 Å². The zero-order valence-electron chi connectivity index (χ0n) is 35.1. The molecule has 5 aliphatic carbocycles. The van der Waals surface area contributed by atoms with Crippen LogP contribution in [0.25, 0.3) is 0 Å². The van der Waals surface area contributed by atoms with Gasteiger partial charge in [0.05, 0.1) is 30.5 Å². The molecule has 0 aromatic carbocycles. The normalized spacial score (nSPS) is 42.7. The molecule has 3 N–H and O–H groups in total. The summed E-state index contributed by atoms with van der Waals surface area (Å²) in [6, 6.07) is -0.120. The predicted molar refractivity (Wildman–Crippen MR) is 213 cm³/mol. The van der Waals surface area contributed by atoms with E-state index in [0.717, 1.165) is 38.5 Å². The summed E-state index contributed by atoms with van der Waals surface area (Å²) in [4.78, 5) is 26.9. The Hall–Kier alpha value is -1.49. The van der Waals surface area contributed by atoms with Gasteiger partial charge in [-0.15, -0.1) is 0 Å². The second-order valence-corrected chi connectivity index (χ2v) is 23.8. The van der Waals surface area contributed by atoms with Crippen molar-refractivity contribution in [3.05, 3.63) is 12.2 Å². The predicted octanol–water partition coefficient (Wildman–Crippen LogP) is 7.27. The van der Waals surface area contributed by atoms with Crippen LogP contribution in [-0.2, 0) is 24.2 Å². The number of sulfone groups is 1. The molecular formula is C44H74N2O7S. The lowest BCUT2D eigenvalue weighted by atomic mass is 9.32. The fourth-order valence-corrected chi connectivity index (χ4v) is 15.9. The first-order valence-electron chi connectivity index (χ1n) is 21.4. The SMILES string of the molecule is C=C(C)[C@@H]1CC[C@]2(NC[C@H]([C@@H](C)O)N3CCS(=O)(=O)CC3)CC[C@]3(C)[C@H](CC[C@@H]4[C@@]5(C)CC[C@H](OC(=O)CC(C)(C)CC(=O)O)C(C)(C)[C@@H]5CC[C@]43C)[C@@H]12. The van der Waals surface area contributed by atoms with E-state index in [4.69, 9.17) is 4.74 Å². The van der Waals surface area contributed by atoms with Gasteiger partial charge in [-0.25, -0.2) is 8.42 Å². The molecule has 1 saturated heterocycles. The number of allylic oxidation sites excluding steroid dienone is 1. The van der Waals surface area contributed by atoms with Gasteiger partial charge in [-0.05, 0) is 129 Å². The summed E-state index contributed by atoms with van der Waals surface area (Å²) < 4.78 is 30.8. The van der Waals surface area contributed by atoms with Gasteiger partial charge in [-0.3, -0.25) is 14.5 Å². The Labute approximate surface area is 327 Å². The van der Waals surface area contributed by atoms with Gasteiger partial charge in [0.2, 0.25) is 0 Å². The molecule has 0 unspecified atom stereocenters. The van der Waals surface area contributed by atoms with E-state index in [1.165, 1.54) is 31.3 Å². The summed E-state index contributed by atoms with van der Waals surface area (Å²) in [5, 5.41) is 24.5. The summed E-state index contributed by atoms with van der Waals surface area (Å²) >= 11 is 0. The number of carbonyl (C=O) groups excluding carboxylic acids is 1. The lowest BCUT2D eigenvalue weighted by Gasteiger charge is -2.73. The zero-order chi connectivity index (χ0) is 39.9. The number of aliphatic carboxylic acids is 1. The fraction of sp³-hybridized carbons (Fsp3) is 0.909. The molecule has 1 heterocycles. The fourth-order valence-electron chi connectivity index (χ4n) is 14.7. The number of fused-ring (bicyclic) bond motifs is 7. The first-order chi connectivity index (χ1) is 24.9. The molecule has 0 spiro atoms. The highest BCUT2D eigenvalue weighted by Gasteiger charge is 2.71. The number of nitrogens with zero attached hydrogens (tertiary/aromatic N) is 1. The van der Waals surface area contributed by atoms with Crippen molar-refractivity contribution >= 4 is 21.8 Å². The molecule has 0 radical (unpaired) electrons. The Kier molecular flexibility index (Phi) is 11.2. The van der Waals surface area contributed by atoms with Gasteiger partial charge in [0, 0.05) is 36.6 Å². The van der Waals surface area contributed by atoms with Crippen molar-refractivity contribution in [3.63, 3.8) is 0 Å². The molecule has 0 aromatic heterocycles. The second-order valence-electron chi connectivity index (χ2n) is 21.5. The summed E-state index contributed by atoms with van der Waals surface area (Å²) in [6.07, 6.45) is 10.5. The minimum Gasteiger partial charge on any atom is -0.481 e. The lowest BCUT2D eigenvalue weighted by Crippen LogP contribution is -2.69. The van der Waals surface area contributed by atoms with Gasteiger partial charge in [-0.2, -0.15) is 0 Å². The molecule has 12 atom stereocenters. The Morgan fingerprint density at radius 1 is 0.907 bits per heavy atom. The number of aliphatic hydroxyl groups is 1. The van der Waals surface area contributed by atoms with E-state index in [2.05, 4.69) is 58.3 Å². The van der Waals surface area contributed by atoms with Crippen LogP contribution in [-0.4, -0.2) is 90.4 Å². The second kappa shape index (κ2) is 14.4. The molecular weight excluding hydrogens is 701 g/mol. The average Bonchev–Trinajstić information content (AvgIpc) is 3.42. The molecule has 1 aliphatic heterocycles. The van der Waals surface area contributed by atoms with E-state index in [1.807, 2.05) is 20.8 Å². The maximum atomic E-state index is 13.3. The van der Waals surface area contributed by atoms with Crippen LogP contribution >= 0.6 is 0 Å². The van der Waals surface area contributed by atoms with Crippen LogP contribution in [0.2, 0.25) is 0 Å². The minimum atomic E-state index is -3.00. The van der Waals surface area contributed by atoms with E-state index in [0.29, 0.717) is 49.2 Å². The van der Waals surface area contributed by atoms with E-state index < -0.39 is 27.3 Å². The number of carboxylic acid groups (broad SMARTS) is 1. The van der Waals surface area contributed by atoms with Gasteiger partial charge >= 0.3 is 11.9 Å². The molecule has 10 heteroatoms. The Morgan fingerprint density at radius 2 is 1.57 bits per heavy atom. The van der Waals surface area contributed by atoms with Crippen LogP contribution in [0.4, 0.5) is 0 Å². The van der Waals surface area contributed by atoms with Crippen molar-refractivity contribution in [2.75, 3.05) is 31.1 Å². The zero-order valence-corrected chi connectivity index (χ0v) is 36.0. The van der Waals surface area contributed by atoms with Crippen molar-refractivity contribution < 1.29 is 33.0 Å². The van der Waals surface area contributed by atoms with Crippen molar-refractivity contribution in [1.82, 2.24) is 10.2 Å². The first-order valence-corrected chi connectivity index (χ1v) is 23.2. The number of hydrogen-bond acceptors (Lipinski definition) is 8. The van der Waals surface area contributed by atoms with Gasteiger partial charge in [0.15, 0.2) is 9.84 Å². The van der Waals surface area contributed by atoms with E-state index in [1.54, 1.807) is 0 Å². The Bertz CT molecular complexity index is 1560. The van der Waals surface area contributed by atoms with Crippen molar-refractivity contribution in [3.8, 4) is 0 Å². The number of rotatable bonds is 11. The molecule has 6 aliphatic rings. The summed E-state index contributed by atoms with van der Waals surface area (Å²) in [7, 11) is -3.00. The standard InChI is InChI=1S/C44H74N2O7S/c1-28(2)30-13-18-44(45-27-32(29(3)47)46-21-23-54(51,52)24-22-46)20-19-42(9)31(38(30)44)11-12-34-41(8)16-15-35(40(6,7)33(41)14-17-43(34,42)10)53-37(50)26-39(4,5)25-36(48)49/h29-35,38,45,47H,1,11-27H2,2-10H3,(H,48,49)/t29-,30+,31-,32-,33+,34-,35+,38-,41+,42-,43-,44+/m1/s1. The van der Waals surface area contributed by atoms with Crippen molar-refractivity contribution in [1.29, 1.82) is 0 Å². The Balaban J connectivity index is 1.22. The minimum absolute atomic E-state index is 0.0178. The third kappa shape index (κ3) is 7.16. The van der Waals surface area contributed by atoms with Crippen LogP contribution in [0, 0.1) is 56.7 Å². The smallest absolute Gasteiger partial charge is 0.306 e. The van der Waals surface area contributed by atoms with E-state index in [9.17, 15) is 28.2 Å². The number of carbonyl (C=O) groups is 2. The van der Waals surface area contributed by atoms with Crippen LogP contribution in [0.15, 0.2) is 12.2 Å². The van der Waals surface area contributed by atoms with Gasteiger partial charge in [-0.1, -0.05) is 60.6 Å². The third-order valence-corrected chi connectivity index (χ3v) is 19.2. The number of hydrogen-bond donors (Lipinski definition) is 3. The summed E-state index contributed by atoms with van der Waals surface area (Å²) in [6.45, 7) is 26.5. The molecule has 0 amide bonds. The highest BCUT2D eigenvalue weighted by atomic mass is 32.2. The number of esters is 1. The number of aliphatic hydroxyl groups excluding tert-OH is 1. The monoisotopic (exact) mass is 775 g/mol. The summed E-state index contributed by atoms with van der Waals surface area (Å²) in [5.41, 5.74) is 0.937. The summed E-state index contributed by atoms with van der Waals surface area (Å²) in [5.74, 6) is 1.68. The van der Waals surface area contributed by atoms with Crippen LogP contribution < -0.4 is 5.32 Å². The average molecular weight is 775 g/mol. The van der Waals surface area contributed by atoms with Crippen molar-refractivity contribution in [2.24, 2.45) is 56.7 Å². The first kappa shape index (κ1) is 42.1. The van der Waals surface area contributed by atoms with E-state index in [-0.39, 0.29) is 69.7 Å². The maximum Gasteiger partial charge on any atom is 0.306 e. The molecule has 308 valence electrons. The Morgan fingerprint density at radius 3 is 2.19 bits per heavy atom. The number of ether oxygens (including phenoxy) is 1. The molecule has 0 bridgehead atoms. The van der Waals surface area contributed by atoms with Crippen LogP contribution in [0.3, 0.4) is 0 Å².